The van der Waals surface area contributed by atoms with Gasteiger partial charge in [-0.05, 0) is 30.3 Å². The van der Waals surface area contributed by atoms with Gasteiger partial charge in [0, 0.05) is 5.39 Å². The first-order chi connectivity index (χ1) is 11.7. The predicted molar refractivity (Wildman–Crippen MR) is 85.6 cm³/mol. The molecule has 6 nitrogen and oxygen atoms in total. The predicted octanol–water partition coefficient (Wildman–Crippen LogP) is 2.70. The third kappa shape index (κ3) is 2.71. The van der Waals surface area contributed by atoms with Gasteiger partial charge in [-0.3, -0.25) is 4.79 Å². The number of nitrogens with zero attached hydrogens (tertiary/aromatic N) is 2. The maximum atomic E-state index is 13.2. The average Bonchev–Trinajstić information content (AvgIpc) is 3.17. The summed E-state index contributed by atoms with van der Waals surface area (Å²) in [7, 11) is 0. The summed E-state index contributed by atoms with van der Waals surface area (Å²) in [5, 5.41) is 7.53. The molecule has 1 amide bonds. The van der Waals surface area contributed by atoms with Crippen LogP contribution in [0, 0.1) is 5.82 Å². The number of imidazole rings is 1. The zero-order chi connectivity index (χ0) is 16.5. The Balaban J connectivity index is 1.44. The second kappa shape index (κ2) is 5.77. The molecule has 0 aliphatic rings. The Morgan fingerprint density at radius 3 is 3.04 bits per heavy atom. The maximum Gasteiger partial charge on any atom is 0.226 e. The third-order valence-electron chi connectivity index (χ3n) is 3.73. The molecule has 2 heterocycles. The third-order valence-corrected chi connectivity index (χ3v) is 3.73. The van der Waals surface area contributed by atoms with Crippen molar-refractivity contribution in [2.24, 2.45) is 0 Å². The molecule has 0 aliphatic carbocycles. The van der Waals surface area contributed by atoms with Crippen LogP contribution in [0.2, 0.25) is 0 Å². The van der Waals surface area contributed by atoms with Crippen LogP contribution in [0.15, 0.2) is 47.0 Å². The molecule has 2 aromatic heterocycles. The standard InChI is InChI=1S/C17H13FN4O2/c18-10-5-6-12-14(7-10)21-16(20-12)9-19-17(23)8-13-11-3-1-2-4-15(11)24-22-13/h1-7H,8-9H2,(H,19,23)(H,20,21). The molecule has 0 saturated carbocycles. The largest absolute Gasteiger partial charge is 0.356 e. The molecule has 24 heavy (non-hydrogen) atoms. The summed E-state index contributed by atoms with van der Waals surface area (Å²) in [6.45, 7) is 0.227. The van der Waals surface area contributed by atoms with E-state index in [2.05, 4.69) is 20.4 Å². The molecular weight excluding hydrogens is 311 g/mol. The molecule has 2 aromatic carbocycles. The van der Waals surface area contributed by atoms with Gasteiger partial charge in [-0.15, -0.1) is 0 Å². The van der Waals surface area contributed by atoms with Gasteiger partial charge in [0.2, 0.25) is 5.91 Å². The normalized spacial score (nSPS) is 11.2. The van der Waals surface area contributed by atoms with Crippen molar-refractivity contribution in [2.45, 2.75) is 13.0 Å². The lowest BCUT2D eigenvalue weighted by Gasteiger charge is -2.01. The number of para-hydroxylation sites is 1. The lowest BCUT2D eigenvalue weighted by Crippen LogP contribution is -2.25. The number of amides is 1. The summed E-state index contributed by atoms with van der Waals surface area (Å²) in [5.74, 6) is 0.0364. The fraction of sp³-hybridized carbons (Fsp3) is 0.118. The second-order valence-corrected chi connectivity index (χ2v) is 5.42. The van der Waals surface area contributed by atoms with E-state index in [-0.39, 0.29) is 24.7 Å². The Morgan fingerprint density at radius 2 is 2.12 bits per heavy atom. The average molecular weight is 324 g/mol. The molecule has 0 bridgehead atoms. The van der Waals surface area contributed by atoms with E-state index in [1.54, 1.807) is 12.1 Å². The number of aromatic amines is 1. The molecule has 0 radical (unpaired) electrons. The van der Waals surface area contributed by atoms with Crippen molar-refractivity contribution < 1.29 is 13.7 Å². The summed E-state index contributed by atoms with van der Waals surface area (Å²) >= 11 is 0. The van der Waals surface area contributed by atoms with Gasteiger partial charge in [0.05, 0.1) is 24.0 Å². The molecule has 7 heteroatoms. The smallest absolute Gasteiger partial charge is 0.226 e. The zero-order valence-electron chi connectivity index (χ0n) is 12.5. The topological polar surface area (TPSA) is 83.8 Å². The molecule has 0 atom stereocenters. The van der Waals surface area contributed by atoms with Crippen LogP contribution in [0.1, 0.15) is 11.5 Å². The van der Waals surface area contributed by atoms with Gasteiger partial charge in [-0.2, -0.15) is 0 Å². The first-order valence-corrected chi connectivity index (χ1v) is 7.43. The molecule has 4 aromatic rings. The maximum absolute atomic E-state index is 13.2. The van der Waals surface area contributed by atoms with Crippen molar-refractivity contribution in [3.05, 3.63) is 59.8 Å². The number of fused-ring (bicyclic) bond motifs is 2. The Hall–Kier alpha value is -3.22. The Kier molecular flexibility index (Phi) is 3.45. The van der Waals surface area contributed by atoms with E-state index < -0.39 is 0 Å². The minimum atomic E-state index is -0.334. The summed E-state index contributed by atoms with van der Waals surface area (Å²) in [5.41, 5.74) is 2.50. The van der Waals surface area contributed by atoms with Crippen molar-refractivity contribution in [2.75, 3.05) is 0 Å². The summed E-state index contributed by atoms with van der Waals surface area (Å²) in [4.78, 5) is 19.4. The number of H-pyrrole nitrogens is 1. The molecule has 4 rings (SSSR count). The molecule has 120 valence electrons. The number of carbonyl (C=O) groups is 1. The first kappa shape index (κ1) is 14.4. The lowest BCUT2D eigenvalue weighted by atomic mass is 10.1. The van der Waals surface area contributed by atoms with Gasteiger partial charge >= 0.3 is 0 Å². The van der Waals surface area contributed by atoms with E-state index in [4.69, 9.17) is 4.52 Å². The quantitative estimate of drug-likeness (QED) is 0.604. The van der Waals surface area contributed by atoms with E-state index in [9.17, 15) is 9.18 Å². The SMILES string of the molecule is O=C(Cc1noc2ccccc12)NCc1nc2ccc(F)cc2[nH]1. The van der Waals surface area contributed by atoms with Crippen molar-refractivity contribution in [1.29, 1.82) is 0 Å². The monoisotopic (exact) mass is 324 g/mol. The number of halogens is 1. The van der Waals surface area contributed by atoms with E-state index in [1.165, 1.54) is 12.1 Å². The number of aromatic nitrogens is 3. The highest BCUT2D eigenvalue weighted by molar-refractivity contribution is 5.86. The van der Waals surface area contributed by atoms with Crippen LogP contribution < -0.4 is 5.32 Å². The lowest BCUT2D eigenvalue weighted by molar-refractivity contribution is -0.120. The number of hydrogen-bond donors (Lipinski definition) is 2. The minimum Gasteiger partial charge on any atom is -0.356 e. The van der Waals surface area contributed by atoms with Crippen molar-refractivity contribution >= 4 is 27.9 Å². The molecule has 0 saturated heterocycles. The minimum absolute atomic E-state index is 0.117. The van der Waals surface area contributed by atoms with E-state index in [0.29, 0.717) is 28.1 Å². The highest BCUT2D eigenvalue weighted by atomic mass is 19.1. The molecule has 0 spiro atoms. The van der Waals surface area contributed by atoms with Gasteiger partial charge in [0.25, 0.3) is 0 Å². The van der Waals surface area contributed by atoms with Gasteiger partial charge < -0.3 is 14.8 Å². The summed E-state index contributed by atoms with van der Waals surface area (Å²) in [6, 6.07) is 11.7. The number of hydrogen-bond acceptors (Lipinski definition) is 4. The molecule has 2 N–H and O–H groups in total. The Morgan fingerprint density at radius 1 is 1.25 bits per heavy atom. The molecule has 0 unspecified atom stereocenters. The van der Waals surface area contributed by atoms with Gasteiger partial charge in [0.15, 0.2) is 5.58 Å². The molecule has 0 fully saturated rings. The van der Waals surface area contributed by atoms with Crippen LogP contribution in [-0.2, 0) is 17.8 Å². The summed E-state index contributed by atoms with van der Waals surface area (Å²) < 4.78 is 18.3. The van der Waals surface area contributed by atoms with Gasteiger partial charge in [-0.25, -0.2) is 9.37 Å². The van der Waals surface area contributed by atoms with Crippen LogP contribution in [-0.4, -0.2) is 21.0 Å². The van der Waals surface area contributed by atoms with Crippen LogP contribution in [0.3, 0.4) is 0 Å². The van der Waals surface area contributed by atoms with Crippen molar-refractivity contribution in [3.8, 4) is 0 Å². The Bertz CT molecular complexity index is 1040. The zero-order valence-corrected chi connectivity index (χ0v) is 12.5. The van der Waals surface area contributed by atoms with Gasteiger partial charge in [-0.1, -0.05) is 17.3 Å². The fourth-order valence-electron chi connectivity index (χ4n) is 2.58. The van der Waals surface area contributed by atoms with E-state index >= 15 is 0 Å². The van der Waals surface area contributed by atoms with Crippen LogP contribution in [0.5, 0.6) is 0 Å². The van der Waals surface area contributed by atoms with Crippen molar-refractivity contribution in [1.82, 2.24) is 20.4 Å². The number of benzene rings is 2. The highest BCUT2D eigenvalue weighted by Crippen LogP contribution is 2.18. The number of nitrogens with one attached hydrogen (secondary N) is 2. The van der Waals surface area contributed by atoms with Crippen molar-refractivity contribution in [3.63, 3.8) is 0 Å². The van der Waals surface area contributed by atoms with E-state index in [1.807, 2.05) is 18.2 Å². The summed E-state index contributed by atoms with van der Waals surface area (Å²) in [6.07, 6.45) is 0.117. The number of carbonyl (C=O) groups excluding carboxylic acids is 1. The van der Waals surface area contributed by atoms with E-state index in [0.717, 1.165) is 5.39 Å². The van der Waals surface area contributed by atoms with Crippen LogP contribution in [0.25, 0.3) is 22.0 Å². The Labute approximate surface area is 135 Å². The van der Waals surface area contributed by atoms with Crippen LogP contribution >= 0.6 is 0 Å². The fourth-order valence-corrected chi connectivity index (χ4v) is 2.58. The second-order valence-electron chi connectivity index (χ2n) is 5.42. The highest BCUT2D eigenvalue weighted by Gasteiger charge is 2.12. The number of rotatable bonds is 4. The van der Waals surface area contributed by atoms with Gasteiger partial charge in [0.1, 0.15) is 17.3 Å². The molecule has 0 aliphatic heterocycles. The first-order valence-electron chi connectivity index (χ1n) is 7.43. The molecular formula is C17H13FN4O2. The van der Waals surface area contributed by atoms with Crippen LogP contribution in [0.4, 0.5) is 4.39 Å².